The molecule has 0 saturated carbocycles. The third kappa shape index (κ3) is 3.30. The second-order valence-electron chi connectivity index (χ2n) is 5.59. The molecule has 0 N–H and O–H groups in total. The largest absolute Gasteiger partial charge is 0.378 e. The van der Waals surface area contributed by atoms with Gasteiger partial charge in [-0.15, -0.1) is 5.10 Å². The molecule has 7 nitrogen and oxygen atoms in total. The van der Waals surface area contributed by atoms with E-state index in [0.29, 0.717) is 6.42 Å². The molecule has 0 atom stereocenters. The van der Waals surface area contributed by atoms with Crippen LogP contribution in [0.3, 0.4) is 0 Å². The van der Waals surface area contributed by atoms with Gasteiger partial charge >= 0.3 is 0 Å². The van der Waals surface area contributed by atoms with Crippen LogP contribution in [0.15, 0.2) is 12.3 Å². The first-order valence-electron chi connectivity index (χ1n) is 7.96. The maximum atomic E-state index is 11.7. The molecule has 0 aliphatic carbocycles. The van der Waals surface area contributed by atoms with E-state index in [-0.39, 0.29) is 5.91 Å². The SMILES string of the molecule is CCC(=O)N1CCN(c2cnnc(N3CCOCC3)c2)CC1. The van der Waals surface area contributed by atoms with Gasteiger partial charge in [0, 0.05) is 51.8 Å². The van der Waals surface area contributed by atoms with Crippen LogP contribution in [0.25, 0.3) is 0 Å². The fourth-order valence-electron chi connectivity index (χ4n) is 2.90. The Morgan fingerprint density at radius 1 is 1.14 bits per heavy atom. The van der Waals surface area contributed by atoms with Gasteiger partial charge in [-0.3, -0.25) is 4.79 Å². The van der Waals surface area contributed by atoms with Crippen LogP contribution in [0.1, 0.15) is 13.3 Å². The van der Waals surface area contributed by atoms with Crippen LogP contribution >= 0.6 is 0 Å². The average molecular weight is 305 g/mol. The maximum Gasteiger partial charge on any atom is 0.222 e. The lowest BCUT2D eigenvalue weighted by Crippen LogP contribution is -2.48. The minimum absolute atomic E-state index is 0.238. The van der Waals surface area contributed by atoms with E-state index < -0.39 is 0 Å². The first-order chi connectivity index (χ1) is 10.8. The molecule has 0 aromatic carbocycles. The number of amides is 1. The Balaban J connectivity index is 1.64. The topological polar surface area (TPSA) is 61.8 Å². The summed E-state index contributed by atoms with van der Waals surface area (Å²) in [6, 6.07) is 2.09. The highest BCUT2D eigenvalue weighted by Gasteiger charge is 2.21. The number of morpholine rings is 1. The Bertz CT molecular complexity index is 510. The number of ether oxygens (including phenoxy) is 1. The summed E-state index contributed by atoms with van der Waals surface area (Å²) >= 11 is 0. The molecule has 0 unspecified atom stereocenters. The van der Waals surface area contributed by atoms with E-state index in [1.807, 2.05) is 11.8 Å². The maximum absolute atomic E-state index is 11.7. The summed E-state index contributed by atoms with van der Waals surface area (Å²) in [6.07, 6.45) is 2.39. The van der Waals surface area contributed by atoms with Crippen molar-refractivity contribution in [3.63, 3.8) is 0 Å². The van der Waals surface area contributed by atoms with Crippen molar-refractivity contribution in [2.75, 3.05) is 62.3 Å². The lowest BCUT2D eigenvalue weighted by Gasteiger charge is -2.36. The number of piperazine rings is 1. The Morgan fingerprint density at radius 3 is 2.55 bits per heavy atom. The number of aromatic nitrogens is 2. The van der Waals surface area contributed by atoms with Crippen LogP contribution in [0, 0.1) is 0 Å². The first-order valence-corrected chi connectivity index (χ1v) is 7.96. The molecular formula is C15H23N5O2. The molecule has 2 saturated heterocycles. The predicted molar refractivity (Wildman–Crippen MR) is 84.1 cm³/mol. The highest BCUT2D eigenvalue weighted by Crippen LogP contribution is 2.21. The van der Waals surface area contributed by atoms with Crippen molar-refractivity contribution in [2.24, 2.45) is 0 Å². The van der Waals surface area contributed by atoms with Gasteiger partial charge in [0.1, 0.15) is 0 Å². The molecule has 0 spiro atoms. The van der Waals surface area contributed by atoms with Crippen molar-refractivity contribution in [1.82, 2.24) is 15.1 Å². The Kier molecular flexibility index (Phi) is 4.72. The van der Waals surface area contributed by atoms with Crippen molar-refractivity contribution < 1.29 is 9.53 Å². The zero-order valence-electron chi connectivity index (χ0n) is 13.1. The number of hydrogen-bond donors (Lipinski definition) is 0. The van der Waals surface area contributed by atoms with Gasteiger partial charge in [0.15, 0.2) is 5.82 Å². The molecule has 3 heterocycles. The van der Waals surface area contributed by atoms with Gasteiger partial charge in [-0.25, -0.2) is 0 Å². The molecule has 7 heteroatoms. The molecule has 22 heavy (non-hydrogen) atoms. The van der Waals surface area contributed by atoms with E-state index in [0.717, 1.165) is 64.0 Å². The monoisotopic (exact) mass is 305 g/mol. The predicted octanol–water partition coefficient (Wildman–Crippen LogP) is 0.372. The average Bonchev–Trinajstić information content (AvgIpc) is 2.62. The van der Waals surface area contributed by atoms with Crippen LogP contribution in [0.5, 0.6) is 0 Å². The summed E-state index contributed by atoms with van der Waals surface area (Å²) in [5.74, 6) is 1.15. The third-order valence-electron chi connectivity index (χ3n) is 4.26. The van der Waals surface area contributed by atoms with E-state index in [1.165, 1.54) is 0 Å². The number of carbonyl (C=O) groups is 1. The first kappa shape index (κ1) is 15.0. The molecule has 1 aromatic heterocycles. The minimum atomic E-state index is 0.238. The van der Waals surface area contributed by atoms with Crippen LogP contribution in [0.2, 0.25) is 0 Å². The molecule has 3 rings (SSSR count). The molecular weight excluding hydrogens is 282 g/mol. The molecule has 120 valence electrons. The molecule has 0 bridgehead atoms. The van der Waals surface area contributed by atoms with Gasteiger partial charge in [0.05, 0.1) is 25.1 Å². The lowest BCUT2D eigenvalue weighted by molar-refractivity contribution is -0.131. The summed E-state index contributed by atoms with van der Waals surface area (Å²) in [6.45, 7) is 8.36. The summed E-state index contributed by atoms with van der Waals surface area (Å²) in [7, 11) is 0. The highest BCUT2D eigenvalue weighted by molar-refractivity contribution is 5.76. The number of hydrogen-bond acceptors (Lipinski definition) is 6. The quantitative estimate of drug-likeness (QED) is 0.804. The van der Waals surface area contributed by atoms with E-state index in [2.05, 4.69) is 26.1 Å². The summed E-state index contributed by atoms with van der Waals surface area (Å²) in [5.41, 5.74) is 1.08. The summed E-state index contributed by atoms with van der Waals surface area (Å²) in [4.78, 5) is 18.2. The number of carbonyl (C=O) groups excluding carboxylic acids is 1. The van der Waals surface area contributed by atoms with Crippen LogP contribution in [-0.4, -0.2) is 73.5 Å². The van der Waals surface area contributed by atoms with Crippen LogP contribution in [-0.2, 0) is 9.53 Å². The second-order valence-corrected chi connectivity index (χ2v) is 5.59. The zero-order valence-corrected chi connectivity index (χ0v) is 13.1. The second kappa shape index (κ2) is 6.91. The van der Waals surface area contributed by atoms with Crippen molar-refractivity contribution >= 4 is 17.4 Å². The number of anilines is 2. The zero-order chi connectivity index (χ0) is 15.4. The van der Waals surface area contributed by atoms with E-state index >= 15 is 0 Å². The van der Waals surface area contributed by atoms with Crippen molar-refractivity contribution in [2.45, 2.75) is 13.3 Å². The Labute approximate surface area is 130 Å². The van der Waals surface area contributed by atoms with Crippen LogP contribution in [0.4, 0.5) is 11.5 Å². The lowest BCUT2D eigenvalue weighted by atomic mass is 10.2. The Morgan fingerprint density at radius 2 is 1.86 bits per heavy atom. The molecule has 0 radical (unpaired) electrons. The van der Waals surface area contributed by atoms with Gasteiger partial charge in [0.2, 0.25) is 5.91 Å². The fraction of sp³-hybridized carbons (Fsp3) is 0.667. The summed E-state index contributed by atoms with van der Waals surface area (Å²) < 4.78 is 5.37. The van der Waals surface area contributed by atoms with Gasteiger partial charge in [-0.2, -0.15) is 5.10 Å². The van der Waals surface area contributed by atoms with Gasteiger partial charge in [-0.05, 0) is 0 Å². The van der Waals surface area contributed by atoms with Gasteiger partial charge < -0.3 is 19.4 Å². The molecule has 2 fully saturated rings. The standard InChI is InChI=1S/C15H23N5O2/c1-2-15(21)20-5-3-18(4-6-20)13-11-14(17-16-12-13)19-7-9-22-10-8-19/h11-12H,2-10H2,1H3. The number of nitrogens with zero attached hydrogens (tertiary/aromatic N) is 5. The van der Waals surface area contributed by atoms with E-state index in [1.54, 1.807) is 6.20 Å². The molecule has 1 aromatic rings. The molecule has 2 aliphatic heterocycles. The summed E-state index contributed by atoms with van der Waals surface area (Å²) in [5, 5.41) is 8.39. The normalized spacial score (nSPS) is 19.4. The molecule has 2 aliphatic rings. The Hall–Kier alpha value is -1.89. The van der Waals surface area contributed by atoms with Crippen molar-refractivity contribution in [3.05, 3.63) is 12.3 Å². The van der Waals surface area contributed by atoms with Crippen molar-refractivity contribution in [1.29, 1.82) is 0 Å². The van der Waals surface area contributed by atoms with Gasteiger partial charge in [-0.1, -0.05) is 6.92 Å². The smallest absolute Gasteiger partial charge is 0.222 e. The fourth-order valence-corrected chi connectivity index (χ4v) is 2.90. The third-order valence-corrected chi connectivity index (χ3v) is 4.26. The van der Waals surface area contributed by atoms with Crippen molar-refractivity contribution in [3.8, 4) is 0 Å². The number of rotatable bonds is 3. The van der Waals surface area contributed by atoms with Crippen LogP contribution < -0.4 is 9.80 Å². The molecule has 1 amide bonds. The van der Waals surface area contributed by atoms with E-state index in [4.69, 9.17) is 4.74 Å². The van der Waals surface area contributed by atoms with E-state index in [9.17, 15) is 4.79 Å². The highest BCUT2D eigenvalue weighted by atomic mass is 16.5. The van der Waals surface area contributed by atoms with Gasteiger partial charge in [0.25, 0.3) is 0 Å². The minimum Gasteiger partial charge on any atom is -0.378 e.